The van der Waals surface area contributed by atoms with E-state index in [4.69, 9.17) is 11.6 Å². The summed E-state index contributed by atoms with van der Waals surface area (Å²) in [5.41, 5.74) is 3.04. The fourth-order valence-electron chi connectivity index (χ4n) is 5.62. The van der Waals surface area contributed by atoms with Gasteiger partial charge in [0, 0.05) is 37.1 Å². The number of allylic oxidation sites excluding steroid dienone is 2. The van der Waals surface area contributed by atoms with E-state index in [9.17, 15) is 14.4 Å². The molecular formula is C37H35ClFN5O3. The highest BCUT2D eigenvalue weighted by Crippen LogP contribution is 2.47. The molecule has 3 aliphatic rings. The van der Waals surface area contributed by atoms with Crippen molar-refractivity contribution >= 4 is 34.9 Å². The van der Waals surface area contributed by atoms with Crippen LogP contribution in [0.3, 0.4) is 0 Å². The Hall–Kier alpha value is -4.94. The van der Waals surface area contributed by atoms with E-state index in [0.29, 0.717) is 40.7 Å². The molecule has 1 aliphatic heterocycles. The summed E-state index contributed by atoms with van der Waals surface area (Å²) in [5.74, 6) is 3.18. The maximum atomic E-state index is 15.0. The molecular weight excluding hydrogens is 617 g/mol. The summed E-state index contributed by atoms with van der Waals surface area (Å²) in [6.07, 6.45) is 12.5. The standard InChI is InChI=1S/C37H35ClFN5O3/c1-24(11-14-33-32(38)10-6-17-40-33)42-36(47)35(46)41-22-25-7-2-3-9-31(25)34(45)43-37(15-16-37)28-19-27(20-29(39)21-28)26-8-4-5-18-44(23-26)30-12-13-30/h2-4,6-10,17,19-21,23-24,30H,5,12-13,15-16,18,22H2,1H3,(H,41,46)(H,42,47)(H,43,45)/t24-/m0/s1. The third-order valence-corrected chi connectivity index (χ3v) is 8.78. The molecule has 0 unspecified atom stereocenters. The number of carbonyl (C=O) groups is 3. The molecule has 0 radical (unpaired) electrons. The van der Waals surface area contributed by atoms with Crippen LogP contribution >= 0.6 is 11.6 Å². The summed E-state index contributed by atoms with van der Waals surface area (Å²) >= 11 is 6.06. The lowest BCUT2D eigenvalue weighted by Gasteiger charge is -2.21. The Bertz CT molecular complexity index is 1840. The van der Waals surface area contributed by atoms with Crippen LogP contribution in [0.25, 0.3) is 5.57 Å². The second kappa shape index (κ2) is 13.8. The van der Waals surface area contributed by atoms with Crippen molar-refractivity contribution in [3.05, 3.63) is 118 Å². The molecule has 47 heavy (non-hydrogen) atoms. The quantitative estimate of drug-likeness (QED) is 0.229. The van der Waals surface area contributed by atoms with Gasteiger partial charge in [-0.15, -0.1) is 0 Å². The molecule has 2 fully saturated rings. The van der Waals surface area contributed by atoms with Gasteiger partial charge in [-0.25, -0.2) is 9.37 Å². The summed E-state index contributed by atoms with van der Waals surface area (Å²) in [6, 6.07) is 15.2. The van der Waals surface area contributed by atoms with Gasteiger partial charge in [-0.2, -0.15) is 0 Å². The minimum Gasteiger partial charge on any atom is -0.374 e. The van der Waals surface area contributed by atoms with Crippen LogP contribution < -0.4 is 16.0 Å². The highest BCUT2D eigenvalue weighted by molar-refractivity contribution is 6.35. The Morgan fingerprint density at radius 1 is 1.11 bits per heavy atom. The predicted octanol–water partition coefficient (Wildman–Crippen LogP) is 5.23. The molecule has 10 heteroatoms. The molecule has 1 atom stereocenters. The Balaban J connectivity index is 1.10. The normalized spacial score (nSPS) is 16.9. The minimum atomic E-state index is -0.863. The fraction of sp³-hybridized carbons (Fsp3) is 0.297. The number of pyridine rings is 1. The molecule has 2 saturated carbocycles. The highest BCUT2D eigenvalue weighted by Gasteiger charge is 2.46. The van der Waals surface area contributed by atoms with E-state index in [2.05, 4.69) is 56.0 Å². The second-order valence-corrected chi connectivity index (χ2v) is 12.6. The number of hydrogen-bond acceptors (Lipinski definition) is 5. The fourth-order valence-corrected chi connectivity index (χ4v) is 5.79. The van der Waals surface area contributed by atoms with Gasteiger partial charge in [0.25, 0.3) is 5.91 Å². The van der Waals surface area contributed by atoms with Crippen molar-refractivity contribution in [1.82, 2.24) is 25.8 Å². The van der Waals surface area contributed by atoms with Crippen molar-refractivity contribution in [1.29, 1.82) is 0 Å². The molecule has 8 nitrogen and oxygen atoms in total. The zero-order valence-electron chi connectivity index (χ0n) is 26.0. The summed E-state index contributed by atoms with van der Waals surface area (Å²) < 4.78 is 15.0. The first-order valence-electron chi connectivity index (χ1n) is 15.8. The molecule has 0 bridgehead atoms. The third-order valence-electron chi connectivity index (χ3n) is 8.48. The third kappa shape index (κ3) is 7.90. The van der Waals surface area contributed by atoms with Crippen molar-refractivity contribution in [2.45, 2.75) is 63.2 Å². The number of rotatable bonds is 8. The molecule has 2 aromatic carbocycles. The van der Waals surface area contributed by atoms with Crippen LogP contribution in [0.1, 0.15) is 71.8 Å². The van der Waals surface area contributed by atoms with Crippen molar-refractivity contribution in [3.63, 3.8) is 0 Å². The minimum absolute atomic E-state index is 0.0471. The van der Waals surface area contributed by atoms with Gasteiger partial charge in [0.15, 0.2) is 0 Å². The van der Waals surface area contributed by atoms with Crippen LogP contribution in [0.4, 0.5) is 4.39 Å². The summed E-state index contributed by atoms with van der Waals surface area (Å²) in [5, 5.41) is 8.64. The first-order chi connectivity index (χ1) is 22.7. The van der Waals surface area contributed by atoms with Crippen LogP contribution in [0.2, 0.25) is 5.02 Å². The van der Waals surface area contributed by atoms with Gasteiger partial charge in [0.1, 0.15) is 11.5 Å². The molecule has 3 amide bonds. The number of nitrogens with zero attached hydrogens (tertiary/aromatic N) is 2. The number of benzene rings is 2. The lowest BCUT2D eigenvalue weighted by molar-refractivity contribution is -0.139. The van der Waals surface area contributed by atoms with Crippen LogP contribution in [0.15, 0.2) is 79.1 Å². The van der Waals surface area contributed by atoms with E-state index in [-0.39, 0.29) is 18.3 Å². The van der Waals surface area contributed by atoms with E-state index < -0.39 is 23.4 Å². The van der Waals surface area contributed by atoms with E-state index in [1.807, 2.05) is 6.07 Å². The predicted molar refractivity (Wildman–Crippen MR) is 178 cm³/mol. The van der Waals surface area contributed by atoms with Gasteiger partial charge in [-0.3, -0.25) is 14.4 Å². The number of aromatic nitrogens is 1. The van der Waals surface area contributed by atoms with Crippen LogP contribution in [-0.2, 0) is 21.7 Å². The first kappa shape index (κ1) is 32.0. The smallest absolute Gasteiger partial charge is 0.310 e. The Labute approximate surface area is 278 Å². The van der Waals surface area contributed by atoms with Gasteiger partial charge in [-0.1, -0.05) is 47.9 Å². The number of carbonyl (C=O) groups excluding carboxylic acids is 3. The molecule has 240 valence electrons. The molecule has 6 rings (SSSR count). The molecule has 3 N–H and O–H groups in total. The van der Waals surface area contributed by atoms with E-state index >= 15 is 4.39 Å². The Morgan fingerprint density at radius 3 is 2.68 bits per heavy atom. The molecule has 2 heterocycles. The molecule has 1 aromatic heterocycles. The molecule has 2 aliphatic carbocycles. The average molecular weight is 652 g/mol. The van der Waals surface area contributed by atoms with Crippen molar-refractivity contribution in [2.75, 3.05) is 6.54 Å². The van der Waals surface area contributed by atoms with E-state index in [1.165, 1.54) is 18.9 Å². The largest absolute Gasteiger partial charge is 0.374 e. The van der Waals surface area contributed by atoms with Gasteiger partial charge < -0.3 is 20.9 Å². The SMILES string of the molecule is C[C@@H](C#Cc1ncccc1Cl)NC(=O)C(=O)NCc1ccccc1C(=O)NC1(c2cc(F)cc(C3=CN(C4CC4)CCC=C3)c2)CC1. The van der Waals surface area contributed by atoms with Crippen molar-refractivity contribution in [2.24, 2.45) is 0 Å². The summed E-state index contributed by atoms with van der Waals surface area (Å²) in [4.78, 5) is 45.2. The Morgan fingerprint density at radius 2 is 1.91 bits per heavy atom. The summed E-state index contributed by atoms with van der Waals surface area (Å²) in [7, 11) is 0. The maximum Gasteiger partial charge on any atom is 0.310 e. The maximum absolute atomic E-state index is 15.0. The first-order valence-corrected chi connectivity index (χ1v) is 16.2. The van der Waals surface area contributed by atoms with E-state index in [0.717, 1.165) is 29.7 Å². The van der Waals surface area contributed by atoms with Crippen LogP contribution in [-0.4, -0.2) is 46.2 Å². The monoisotopic (exact) mass is 651 g/mol. The number of hydrogen-bond donors (Lipinski definition) is 3. The Kier molecular flexibility index (Phi) is 9.41. The number of amides is 3. The van der Waals surface area contributed by atoms with Gasteiger partial charge in [0.05, 0.1) is 16.6 Å². The van der Waals surface area contributed by atoms with Gasteiger partial charge in [-0.05, 0) is 104 Å². The molecule has 0 spiro atoms. The van der Waals surface area contributed by atoms with Crippen LogP contribution in [0, 0.1) is 17.7 Å². The van der Waals surface area contributed by atoms with Crippen molar-refractivity contribution < 1.29 is 18.8 Å². The van der Waals surface area contributed by atoms with Gasteiger partial charge >= 0.3 is 11.8 Å². The lowest BCUT2D eigenvalue weighted by atomic mass is 9.97. The zero-order chi connectivity index (χ0) is 33.0. The molecule has 0 saturated heterocycles. The number of nitrogens with one attached hydrogen (secondary N) is 3. The summed E-state index contributed by atoms with van der Waals surface area (Å²) in [6.45, 7) is 2.54. The zero-order valence-corrected chi connectivity index (χ0v) is 26.7. The van der Waals surface area contributed by atoms with Crippen LogP contribution in [0.5, 0.6) is 0 Å². The van der Waals surface area contributed by atoms with Gasteiger partial charge in [0.2, 0.25) is 0 Å². The van der Waals surface area contributed by atoms with E-state index in [1.54, 1.807) is 55.6 Å². The molecule has 3 aromatic rings. The van der Waals surface area contributed by atoms with Crippen molar-refractivity contribution in [3.8, 4) is 11.8 Å². The highest BCUT2D eigenvalue weighted by atomic mass is 35.5. The average Bonchev–Trinajstić information content (AvgIpc) is 3.97. The lowest BCUT2D eigenvalue weighted by Crippen LogP contribution is -2.43. The topological polar surface area (TPSA) is 103 Å². The second-order valence-electron chi connectivity index (χ2n) is 12.1. The number of halogens is 2.